The Bertz CT molecular complexity index is 1450. The van der Waals surface area contributed by atoms with Crippen LogP contribution < -0.4 is 0 Å². The van der Waals surface area contributed by atoms with Crippen molar-refractivity contribution in [2.24, 2.45) is 4.99 Å². The molecular weight excluding hydrogens is 512 g/mol. The van der Waals surface area contributed by atoms with Gasteiger partial charge in [0.2, 0.25) is 0 Å². The van der Waals surface area contributed by atoms with Crippen molar-refractivity contribution in [3.63, 3.8) is 0 Å². The predicted molar refractivity (Wildman–Crippen MR) is 126 cm³/mol. The van der Waals surface area contributed by atoms with E-state index in [2.05, 4.69) is 52.9 Å². The number of nitrogens with zero attached hydrogens (tertiary/aromatic N) is 2. The standard InChI is InChI=1S/C22H14Br2N4O2/c23-15-8-12(20(29)18(24)21(15)30)10-26-13-4-5-16-17(9-13)28-22(27-16)14-3-1-2-11-6-7-25-19(11)14/h1-10,25,29-30H,(H,27,28). The summed E-state index contributed by atoms with van der Waals surface area (Å²) in [6.45, 7) is 0. The molecule has 0 amide bonds. The molecule has 0 bridgehead atoms. The average Bonchev–Trinajstić information content (AvgIpc) is 3.40. The van der Waals surface area contributed by atoms with Gasteiger partial charge in [0, 0.05) is 28.9 Å². The average molecular weight is 526 g/mol. The number of aliphatic imine (C=N–C) groups is 1. The Morgan fingerprint density at radius 3 is 2.73 bits per heavy atom. The predicted octanol–water partition coefficient (Wildman–Crippen LogP) is 6.40. The molecule has 0 aliphatic carbocycles. The SMILES string of the molecule is Oc1c(Br)cc(C=Nc2ccc3nc(-c4cccc5cc[nH]c45)[nH]c3c2)c(O)c1Br. The topological polar surface area (TPSA) is 97.3 Å². The van der Waals surface area contributed by atoms with Crippen molar-refractivity contribution in [2.75, 3.05) is 0 Å². The summed E-state index contributed by atoms with van der Waals surface area (Å²) in [5.41, 5.74) is 4.91. The van der Waals surface area contributed by atoms with E-state index in [1.165, 1.54) is 0 Å². The quantitative estimate of drug-likeness (QED) is 0.205. The number of aromatic hydroxyl groups is 2. The molecule has 4 N–H and O–H groups in total. The Hall–Kier alpha value is -3.10. The Morgan fingerprint density at radius 2 is 1.87 bits per heavy atom. The summed E-state index contributed by atoms with van der Waals surface area (Å²) in [6.07, 6.45) is 3.46. The van der Waals surface area contributed by atoms with Crippen molar-refractivity contribution in [1.29, 1.82) is 0 Å². The molecular formula is C22H14Br2N4O2. The lowest BCUT2D eigenvalue weighted by molar-refractivity contribution is 0.442. The van der Waals surface area contributed by atoms with Crippen LogP contribution in [0.25, 0.3) is 33.3 Å². The van der Waals surface area contributed by atoms with Gasteiger partial charge in [-0.05, 0) is 68.3 Å². The Labute approximate surface area is 187 Å². The van der Waals surface area contributed by atoms with Crippen LogP contribution in [0.4, 0.5) is 5.69 Å². The molecule has 0 aliphatic heterocycles. The molecule has 148 valence electrons. The van der Waals surface area contributed by atoms with Crippen LogP contribution in [-0.2, 0) is 0 Å². The lowest BCUT2D eigenvalue weighted by atomic mass is 10.1. The van der Waals surface area contributed by atoms with Crippen molar-refractivity contribution >= 4 is 65.7 Å². The molecule has 5 aromatic rings. The highest BCUT2D eigenvalue weighted by Crippen LogP contribution is 2.40. The maximum atomic E-state index is 10.2. The van der Waals surface area contributed by atoms with Gasteiger partial charge in [0.1, 0.15) is 21.8 Å². The van der Waals surface area contributed by atoms with Crippen LogP contribution >= 0.6 is 31.9 Å². The first-order valence-electron chi connectivity index (χ1n) is 9.01. The van der Waals surface area contributed by atoms with Crippen LogP contribution in [-0.4, -0.2) is 31.4 Å². The summed E-state index contributed by atoms with van der Waals surface area (Å²) in [7, 11) is 0. The number of hydrogen-bond acceptors (Lipinski definition) is 4. The van der Waals surface area contributed by atoms with Gasteiger partial charge in [-0.3, -0.25) is 4.99 Å². The third-order valence-corrected chi connectivity index (χ3v) is 6.21. The number of H-pyrrole nitrogens is 2. The van der Waals surface area contributed by atoms with E-state index in [4.69, 9.17) is 4.98 Å². The Kier molecular flexibility index (Phi) is 4.60. The third kappa shape index (κ3) is 3.18. The molecule has 0 atom stereocenters. The lowest BCUT2D eigenvalue weighted by Gasteiger charge is -2.06. The molecule has 2 aromatic heterocycles. The van der Waals surface area contributed by atoms with E-state index in [1.54, 1.807) is 12.3 Å². The van der Waals surface area contributed by atoms with Crippen LogP contribution in [0, 0.1) is 0 Å². The van der Waals surface area contributed by atoms with Crippen molar-refractivity contribution in [3.8, 4) is 22.9 Å². The zero-order chi connectivity index (χ0) is 20.8. The van der Waals surface area contributed by atoms with Gasteiger partial charge in [0.05, 0.1) is 26.7 Å². The molecule has 6 nitrogen and oxygen atoms in total. The third-order valence-electron chi connectivity index (χ3n) is 4.86. The van der Waals surface area contributed by atoms with Crippen LogP contribution in [0.2, 0.25) is 0 Å². The summed E-state index contributed by atoms with van der Waals surface area (Å²) in [4.78, 5) is 15.8. The molecule has 5 rings (SSSR count). The monoisotopic (exact) mass is 524 g/mol. The van der Waals surface area contributed by atoms with Crippen molar-refractivity contribution in [1.82, 2.24) is 15.0 Å². The van der Waals surface area contributed by atoms with Crippen LogP contribution in [0.5, 0.6) is 11.5 Å². The fraction of sp³-hybridized carbons (Fsp3) is 0. The zero-order valence-corrected chi connectivity index (χ0v) is 18.5. The van der Waals surface area contributed by atoms with Gasteiger partial charge in [-0.1, -0.05) is 12.1 Å². The number of rotatable bonds is 3. The van der Waals surface area contributed by atoms with Crippen LogP contribution in [0.1, 0.15) is 5.56 Å². The number of imidazole rings is 1. The lowest BCUT2D eigenvalue weighted by Crippen LogP contribution is -1.85. The number of halogens is 2. The molecule has 0 unspecified atom stereocenters. The molecule has 0 saturated heterocycles. The number of benzene rings is 3. The molecule has 30 heavy (non-hydrogen) atoms. The molecule has 3 aromatic carbocycles. The first-order valence-corrected chi connectivity index (χ1v) is 10.6. The number of hydrogen-bond donors (Lipinski definition) is 4. The molecule has 2 heterocycles. The Morgan fingerprint density at radius 1 is 1.00 bits per heavy atom. The normalized spacial score (nSPS) is 11.8. The molecule has 0 radical (unpaired) electrons. The van der Waals surface area contributed by atoms with Gasteiger partial charge in [-0.15, -0.1) is 0 Å². The smallest absolute Gasteiger partial charge is 0.147 e. The summed E-state index contributed by atoms with van der Waals surface area (Å²) in [5.74, 6) is 0.639. The van der Waals surface area contributed by atoms with E-state index >= 15 is 0 Å². The highest BCUT2D eigenvalue weighted by atomic mass is 79.9. The minimum Gasteiger partial charge on any atom is -0.506 e. The van der Waals surface area contributed by atoms with Gasteiger partial charge in [0.15, 0.2) is 0 Å². The van der Waals surface area contributed by atoms with E-state index in [0.717, 1.165) is 33.3 Å². The van der Waals surface area contributed by atoms with E-state index in [-0.39, 0.29) is 16.0 Å². The number of fused-ring (bicyclic) bond motifs is 2. The second kappa shape index (κ2) is 7.30. The minimum absolute atomic E-state index is 0.0619. The summed E-state index contributed by atoms with van der Waals surface area (Å²) in [6, 6.07) is 15.4. The second-order valence-electron chi connectivity index (χ2n) is 6.75. The largest absolute Gasteiger partial charge is 0.506 e. The minimum atomic E-state index is -0.0802. The maximum Gasteiger partial charge on any atom is 0.147 e. The number of phenols is 2. The zero-order valence-electron chi connectivity index (χ0n) is 15.3. The first-order chi connectivity index (χ1) is 14.5. The van der Waals surface area contributed by atoms with Crippen LogP contribution in [0.15, 0.2) is 68.7 Å². The van der Waals surface area contributed by atoms with Crippen LogP contribution in [0.3, 0.4) is 0 Å². The molecule has 0 fully saturated rings. The fourth-order valence-corrected chi connectivity index (χ4v) is 4.50. The summed E-state index contributed by atoms with van der Waals surface area (Å²) >= 11 is 6.43. The van der Waals surface area contributed by atoms with E-state index in [0.29, 0.717) is 15.7 Å². The van der Waals surface area contributed by atoms with E-state index in [1.807, 2.05) is 42.6 Å². The highest BCUT2D eigenvalue weighted by Gasteiger charge is 2.13. The number of nitrogens with one attached hydrogen (secondary N) is 2. The molecule has 8 heteroatoms. The maximum absolute atomic E-state index is 10.2. The first kappa shape index (κ1) is 18.9. The molecule has 0 spiro atoms. The second-order valence-corrected chi connectivity index (χ2v) is 8.40. The fourth-order valence-electron chi connectivity index (χ4n) is 3.35. The number of aromatic nitrogens is 3. The van der Waals surface area contributed by atoms with E-state index < -0.39 is 0 Å². The van der Waals surface area contributed by atoms with Gasteiger partial charge in [-0.25, -0.2) is 4.98 Å². The summed E-state index contributed by atoms with van der Waals surface area (Å²) in [5, 5.41) is 21.2. The van der Waals surface area contributed by atoms with Crippen molar-refractivity contribution in [2.45, 2.75) is 0 Å². The van der Waals surface area contributed by atoms with Crippen molar-refractivity contribution in [3.05, 3.63) is 69.2 Å². The molecule has 0 saturated carbocycles. The van der Waals surface area contributed by atoms with E-state index in [9.17, 15) is 10.2 Å². The molecule has 0 aliphatic rings. The summed E-state index contributed by atoms with van der Waals surface area (Å²) < 4.78 is 0.672. The number of phenolic OH excluding ortho intramolecular Hbond substituents is 2. The number of aromatic amines is 2. The Balaban J connectivity index is 1.52. The van der Waals surface area contributed by atoms with Gasteiger partial charge in [0.25, 0.3) is 0 Å². The van der Waals surface area contributed by atoms with Gasteiger partial charge >= 0.3 is 0 Å². The van der Waals surface area contributed by atoms with Gasteiger partial charge < -0.3 is 20.2 Å². The van der Waals surface area contributed by atoms with Crippen molar-refractivity contribution < 1.29 is 10.2 Å². The van der Waals surface area contributed by atoms with Gasteiger partial charge in [-0.2, -0.15) is 0 Å². The number of para-hydroxylation sites is 1. The highest BCUT2D eigenvalue weighted by molar-refractivity contribution is 9.11.